The van der Waals surface area contributed by atoms with Gasteiger partial charge in [-0.05, 0) is 25.5 Å². The van der Waals surface area contributed by atoms with Crippen LogP contribution in [-0.2, 0) is 6.61 Å². The van der Waals surface area contributed by atoms with Gasteiger partial charge in [-0.15, -0.1) is 0 Å². The van der Waals surface area contributed by atoms with Crippen molar-refractivity contribution in [2.45, 2.75) is 20.5 Å². The van der Waals surface area contributed by atoms with E-state index in [9.17, 15) is 15.0 Å². The zero-order valence-electron chi connectivity index (χ0n) is 11.7. The fourth-order valence-electron chi connectivity index (χ4n) is 2.62. The first-order chi connectivity index (χ1) is 10.0. The molecular formula is C16H15NO4. The number of nitrogens with one attached hydrogen (secondary N) is 1. The SMILES string of the molecule is Cc1[nH]c2cccc(C)c2c1-c1oc(CO)cc(=O)c1O. The van der Waals surface area contributed by atoms with Crippen LogP contribution >= 0.6 is 0 Å². The number of rotatable bonds is 2. The summed E-state index contributed by atoms with van der Waals surface area (Å²) in [6, 6.07) is 6.89. The zero-order chi connectivity index (χ0) is 15.1. The van der Waals surface area contributed by atoms with Gasteiger partial charge in [0.1, 0.15) is 12.4 Å². The molecule has 0 aliphatic carbocycles. The molecule has 0 saturated carbocycles. The summed E-state index contributed by atoms with van der Waals surface area (Å²) < 4.78 is 5.51. The standard InChI is InChI=1S/C16H15NO4/c1-8-4-3-5-11-13(8)14(9(2)17-11)16-15(20)12(19)6-10(7-18)21-16/h3-6,17-18,20H,7H2,1-2H3. The number of aliphatic hydroxyl groups is 1. The van der Waals surface area contributed by atoms with E-state index >= 15 is 0 Å². The number of benzene rings is 1. The zero-order valence-corrected chi connectivity index (χ0v) is 11.7. The minimum absolute atomic E-state index is 0.0876. The predicted molar refractivity (Wildman–Crippen MR) is 79.3 cm³/mol. The molecule has 1 aromatic carbocycles. The minimum atomic E-state index is -0.567. The number of aliphatic hydroxyl groups excluding tert-OH is 1. The highest BCUT2D eigenvalue weighted by atomic mass is 16.4. The van der Waals surface area contributed by atoms with Gasteiger partial charge in [0.15, 0.2) is 5.76 Å². The first-order valence-electron chi connectivity index (χ1n) is 6.58. The number of aromatic nitrogens is 1. The summed E-state index contributed by atoms with van der Waals surface area (Å²) in [7, 11) is 0. The number of aromatic amines is 1. The van der Waals surface area contributed by atoms with Crippen LogP contribution in [0, 0.1) is 13.8 Å². The van der Waals surface area contributed by atoms with Crippen LogP contribution in [0.2, 0.25) is 0 Å². The van der Waals surface area contributed by atoms with Gasteiger partial charge < -0.3 is 19.6 Å². The highest BCUT2D eigenvalue weighted by molar-refractivity contribution is 5.99. The van der Waals surface area contributed by atoms with Crippen molar-refractivity contribution in [3.63, 3.8) is 0 Å². The molecule has 0 radical (unpaired) electrons. The van der Waals surface area contributed by atoms with Crippen molar-refractivity contribution in [3.8, 4) is 17.1 Å². The van der Waals surface area contributed by atoms with Crippen molar-refractivity contribution in [1.29, 1.82) is 0 Å². The molecule has 0 aliphatic rings. The molecule has 3 rings (SSSR count). The Morgan fingerprint density at radius 2 is 2.05 bits per heavy atom. The first-order valence-corrected chi connectivity index (χ1v) is 6.58. The Hall–Kier alpha value is -2.53. The smallest absolute Gasteiger partial charge is 0.227 e. The van der Waals surface area contributed by atoms with Crippen molar-refractivity contribution >= 4 is 10.9 Å². The van der Waals surface area contributed by atoms with Crippen LogP contribution in [0.25, 0.3) is 22.2 Å². The van der Waals surface area contributed by atoms with Gasteiger partial charge in [-0.3, -0.25) is 4.79 Å². The molecule has 2 aromatic heterocycles. The van der Waals surface area contributed by atoms with E-state index in [2.05, 4.69) is 4.98 Å². The summed E-state index contributed by atoms with van der Waals surface area (Å²) in [6.07, 6.45) is 0. The van der Waals surface area contributed by atoms with Crippen LogP contribution in [0.4, 0.5) is 0 Å². The second kappa shape index (κ2) is 4.79. The number of hydrogen-bond donors (Lipinski definition) is 3. The second-order valence-corrected chi connectivity index (χ2v) is 5.04. The highest BCUT2D eigenvalue weighted by Crippen LogP contribution is 2.37. The molecule has 5 heteroatoms. The van der Waals surface area contributed by atoms with Crippen molar-refractivity contribution in [3.05, 3.63) is 51.5 Å². The van der Waals surface area contributed by atoms with E-state index in [1.807, 2.05) is 32.0 Å². The third-order valence-electron chi connectivity index (χ3n) is 3.58. The fourth-order valence-corrected chi connectivity index (χ4v) is 2.62. The summed E-state index contributed by atoms with van der Waals surface area (Å²) >= 11 is 0. The molecule has 3 N–H and O–H groups in total. The van der Waals surface area contributed by atoms with E-state index in [0.717, 1.165) is 28.2 Å². The summed E-state index contributed by atoms with van der Waals surface area (Å²) in [4.78, 5) is 15.0. The molecule has 0 saturated heterocycles. The van der Waals surface area contributed by atoms with Gasteiger partial charge in [0.2, 0.25) is 11.2 Å². The van der Waals surface area contributed by atoms with Crippen LogP contribution < -0.4 is 5.43 Å². The lowest BCUT2D eigenvalue weighted by molar-refractivity contribution is 0.243. The van der Waals surface area contributed by atoms with Gasteiger partial charge in [-0.25, -0.2) is 0 Å². The number of aromatic hydroxyl groups is 1. The van der Waals surface area contributed by atoms with E-state index in [-0.39, 0.29) is 11.5 Å². The molecule has 2 heterocycles. The highest BCUT2D eigenvalue weighted by Gasteiger charge is 2.20. The van der Waals surface area contributed by atoms with E-state index in [0.29, 0.717) is 5.56 Å². The molecule has 0 atom stereocenters. The van der Waals surface area contributed by atoms with E-state index < -0.39 is 17.8 Å². The summed E-state index contributed by atoms with van der Waals surface area (Å²) in [5, 5.41) is 20.1. The van der Waals surface area contributed by atoms with Gasteiger partial charge in [-0.2, -0.15) is 0 Å². The van der Waals surface area contributed by atoms with E-state index in [1.165, 1.54) is 0 Å². The summed E-state index contributed by atoms with van der Waals surface area (Å²) in [5.74, 6) is -0.237. The third kappa shape index (κ3) is 2.02. The summed E-state index contributed by atoms with van der Waals surface area (Å²) in [6.45, 7) is 3.40. The van der Waals surface area contributed by atoms with Gasteiger partial charge in [-0.1, -0.05) is 12.1 Å². The van der Waals surface area contributed by atoms with Crippen LogP contribution in [0.3, 0.4) is 0 Å². The largest absolute Gasteiger partial charge is 0.502 e. The molecule has 108 valence electrons. The Morgan fingerprint density at radius 1 is 1.29 bits per heavy atom. The molecule has 0 fully saturated rings. The van der Waals surface area contributed by atoms with Crippen molar-refractivity contribution in [2.75, 3.05) is 0 Å². The molecule has 0 bridgehead atoms. The quantitative estimate of drug-likeness (QED) is 0.675. The van der Waals surface area contributed by atoms with Crippen LogP contribution in [0.15, 0.2) is 33.5 Å². The lowest BCUT2D eigenvalue weighted by Crippen LogP contribution is -2.03. The molecular weight excluding hydrogens is 270 g/mol. The van der Waals surface area contributed by atoms with Gasteiger partial charge in [0.25, 0.3) is 0 Å². The second-order valence-electron chi connectivity index (χ2n) is 5.04. The molecule has 5 nitrogen and oxygen atoms in total. The molecule has 21 heavy (non-hydrogen) atoms. The Labute approximate surface area is 120 Å². The maximum Gasteiger partial charge on any atom is 0.227 e. The van der Waals surface area contributed by atoms with E-state index in [1.54, 1.807) is 0 Å². The summed E-state index contributed by atoms with van der Waals surface area (Å²) in [5.41, 5.74) is 2.77. The van der Waals surface area contributed by atoms with Crippen LogP contribution in [-0.4, -0.2) is 15.2 Å². The van der Waals surface area contributed by atoms with Crippen molar-refractivity contribution < 1.29 is 14.6 Å². The van der Waals surface area contributed by atoms with Gasteiger partial charge >= 0.3 is 0 Å². The molecule has 0 aliphatic heterocycles. The Bertz CT molecular complexity index is 889. The maximum atomic E-state index is 11.8. The Balaban J connectivity index is 2.43. The third-order valence-corrected chi connectivity index (χ3v) is 3.58. The van der Waals surface area contributed by atoms with Crippen molar-refractivity contribution in [2.24, 2.45) is 0 Å². The number of H-pyrrole nitrogens is 1. The normalized spacial score (nSPS) is 11.2. The van der Waals surface area contributed by atoms with Crippen molar-refractivity contribution in [1.82, 2.24) is 4.98 Å². The Morgan fingerprint density at radius 3 is 2.76 bits per heavy atom. The lowest BCUT2D eigenvalue weighted by Gasteiger charge is -2.07. The maximum absolute atomic E-state index is 11.8. The molecule has 3 aromatic rings. The van der Waals surface area contributed by atoms with Crippen LogP contribution in [0.1, 0.15) is 17.0 Å². The Kier molecular flexibility index (Phi) is 3.07. The number of hydrogen-bond acceptors (Lipinski definition) is 4. The fraction of sp³-hybridized carbons (Fsp3) is 0.188. The monoisotopic (exact) mass is 285 g/mol. The lowest BCUT2D eigenvalue weighted by atomic mass is 10.0. The molecule has 0 unspecified atom stereocenters. The first kappa shape index (κ1) is 13.5. The van der Waals surface area contributed by atoms with Gasteiger partial charge in [0.05, 0.1) is 0 Å². The number of fused-ring (bicyclic) bond motifs is 1. The predicted octanol–water partition coefficient (Wildman–Crippen LogP) is 2.60. The topological polar surface area (TPSA) is 86.5 Å². The number of aryl methyl sites for hydroxylation is 2. The minimum Gasteiger partial charge on any atom is -0.502 e. The molecule has 0 amide bonds. The van der Waals surface area contributed by atoms with Gasteiger partial charge in [0, 0.05) is 28.2 Å². The molecule has 0 spiro atoms. The average molecular weight is 285 g/mol. The van der Waals surface area contributed by atoms with Crippen LogP contribution in [0.5, 0.6) is 5.75 Å². The van der Waals surface area contributed by atoms with E-state index in [4.69, 9.17) is 4.42 Å². The average Bonchev–Trinajstić information content (AvgIpc) is 2.79.